The van der Waals surface area contributed by atoms with E-state index in [2.05, 4.69) is 5.32 Å². The van der Waals surface area contributed by atoms with Crippen LogP contribution in [0.3, 0.4) is 0 Å². The Bertz CT molecular complexity index is 994. The molecule has 30 heavy (non-hydrogen) atoms. The van der Waals surface area contributed by atoms with Crippen LogP contribution < -0.4 is 23.8 Å². The van der Waals surface area contributed by atoms with Crippen LogP contribution >= 0.6 is 0 Å². The minimum atomic E-state index is -3.72. The molecule has 9 heteroatoms. The molecule has 0 aliphatic carbocycles. The van der Waals surface area contributed by atoms with Gasteiger partial charge >= 0.3 is 0 Å². The summed E-state index contributed by atoms with van der Waals surface area (Å²) < 4.78 is 42.9. The molecule has 162 valence electrons. The van der Waals surface area contributed by atoms with Crippen LogP contribution in [0.25, 0.3) is 0 Å². The number of ether oxygens (including phenoxy) is 3. The minimum absolute atomic E-state index is 0.194. The summed E-state index contributed by atoms with van der Waals surface area (Å²) in [5, 5.41) is 2.80. The summed E-state index contributed by atoms with van der Waals surface area (Å²) in [6.45, 7) is 2.25. The lowest BCUT2D eigenvalue weighted by molar-refractivity contribution is -0.122. The fourth-order valence-corrected chi connectivity index (χ4v) is 4.51. The standard InChI is InChI=1S/C21H26N2O6S/c1-4-18(23(30(3,25)26)15-8-7-9-16(12-15)27-2)21(24)22-13-17-14-28-19-10-5-6-11-20(19)29-17/h5-12,17-18H,4,13-14H2,1-3H3,(H,22,24). The third-order valence-electron chi connectivity index (χ3n) is 4.71. The summed E-state index contributed by atoms with van der Waals surface area (Å²) in [6, 6.07) is 13.0. The molecular weight excluding hydrogens is 408 g/mol. The van der Waals surface area contributed by atoms with E-state index < -0.39 is 22.0 Å². The highest BCUT2D eigenvalue weighted by Crippen LogP contribution is 2.31. The Morgan fingerprint density at radius 1 is 1.23 bits per heavy atom. The van der Waals surface area contributed by atoms with Gasteiger partial charge in [-0.25, -0.2) is 8.42 Å². The first-order valence-electron chi connectivity index (χ1n) is 9.63. The van der Waals surface area contributed by atoms with Crippen LogP contribution in [-0.2, 0) is 14.8 Å². The molecule has 0 fully saturated rings. The maximum Gasteiger partial charge on any atom is 0.244 e. The molecule has 1 N–H and O–H groups in total. The molecule has 0 saturated heterocycles. The van der Waals surface area contributed by atoms with Crippen LogP contribution in [-0.4, -0.2) is 53.0 Å². The zero-order valence-corrected chi connectivity index (χ0v) is 18.0. The van der Waals surface area contributed by atoms with Crippen LogP contribution in [0, 0.1) is 0 Å². The second kappa shape index (κ2) is 9.25. The number of sulfonamides is 1. The van der Waals surface area contributed by atoms with Gasteiger partial charge in [0.05, 0.1) is 25.6 Å². The number of hydrogen-bond donors (Lipinski definition) is 1. The number of carbonyl (C=O) groups is 1. The molecule has 1 heterocycles. The van der Waals surface area contributed by atoms with Gasteiger partial charge in [0.1, 0.15) is 24.5 Å². The summed E-state index contributed by atoms with van der Waals surface area (Å²) in [4.78, 5) is 12.9. The smallest absolute Gasteiger partial charge is 0.244 e. The van der Waals surface area contributed by atoms with Gasteiger partial charge in [0.2, 0.25) is 15.9 Å². The van der Waals surface area contributed by atoms with Crippen molar-refractivity contribution in [2.45, 2.75) is 25.5 Å². The van der Waals surface area contributed by atoms with Crippen LogP contribution in [0.4, 0.5) is 5.69 Å². The third kappa shape index (κ3) is 4.96. The predicted octanol–water partition coefficient (Wildman–Crippen LogP) is 2.20. The van der Waals surface area contributed by atoms with Gasteiger partial charge in [0, 0.05) is 6.07 Å². The van der Waals surface area contributed by atoms with E-state index in [9.17, 15) is 13.2 Å². The Labute approximate surface area is 176 Å². The predicted molar refractivity (Wildman–Crippen MR) is 114 cm³/mol. The molecule has 1 aliphatic rings. The maximum atomic E-state index is 12.9. The van der Waals surface area contributed by atoms with E-state index >= 15 is 0 Å². The first-order valence-corrected chi connectivity index (χ1v) is 11.5. The van der Waals surface area contributed by atoms with Gasteiger partial charge in [-0.2, -0.15) is 0 Å². The maximum absolute atomic E-state index is 12.9. The minimum Gasteiger partial charge on any atom is -0.497 e. The SMILES string of the molecule is CCC(C(=O)NCC1COc2ccccc2O1)N(c1cccc(OC)c1)S(C)(=O)=O. The first kappa shape index (κ1) is 21.8. The van der Waals surface area contributed by atoms with E-state index in [1.54, 1.807) is 37.3 Å². The number of nitrogens with one attached hydrogen (secondary N) is 1. The van der Waals surface area contributed by atoms with Gasteiger partial charge in [0.25, 0.3) is 0 Å². The average molecular weight is 435 g/mol. The van der Waals surface area contributed by atoms with E-state index in [-0.39, 0.29) is 12.6 Å². The molecule has 2 aromatic rings. The summed E-state index contributed by atoms with van der Waals surface area (Å²) >= 11 is 0. The van der Waals surface area contributed by atoms with Crippen molar-refractivity contribution in [2.75, 3.05) is 30.8 Å². The molecule has 0 aromatic heterocycles. The summed E-state index contributed by atoms with van der Waals surface area (Å²) in [5.41, 5.74) is 0.366. The molecule has 1 aliphatic heterocycles. The van der Waals surface area contributed by atoms with E-state index in [0.29, 0.717) is 36.0 Å². The number of methoxy groups -OCH3 is 1. The van der Waals surface area contributed by atoms with Crippen LogP contribution in [0.2, 0.25) is 0 Å². The fourth-order valence-electron chi connectivity index (χ4n) is 3.30. The zero-order valence-electron chi connectivity index (χ0n) is 17.2. The highest BCUT2D eigenvalue weighted by Gasteiger charge is 2.32. The monoisotopic (exact) mass is 434 g/mol. The van der Waals surface area contributed by atoms with Crippen molar-refractivity contribution >= 4 is 21.6 Å². The number of carbonyl (C=O) groups excluding carboxylic acids is 1. The van der Waals surface area contributed by atoms with Gasteiger partial charge < -0.3 is 19.5 Å². The molecule has 2 atom stereocenters. The largest absolute Gasteiger partial charge is 0.497 e. The molecular formula is C21H26N2O6S. The average Bonchev–Trinajstić information content (AvgIpc) is 2.74. The molecule has 0 radical (unpaired) electrons. The topological polar surface area (TPSA) is 94.2 Å². The molecule has 2 unspecified atom stereocenters. The lowest BCUT2D eigenvalue weighted by atomic mass is 10.1. The fraction of sp³-hybridized carbons (Fsp3) is 0.381. The number of hydrogen-bond acceptors (Lipinski definition) is 6. The number of amides is 1. The molecule has 0 spiro atoms. The molecule has 3 rings (SSSR count). The lowest BCUT2D eigenvalue weighted by Gasteiger charge is -2.31. The van der Waals surface area contributed by atoms with Crippen LogP contribution in [0.1, 0.15) is 13.3 Å². The first-order chi connectivity index (χ1) is 14.3. The number of fused-ring (bicyclic) bond motifs is 1. The number of nitrogens with zero attached hydrogens (tertiary/aromatic N) is 1. The van der Waals surface area contributed by atoms with Gasteiger partial charge in [-0.15, -0.1) is 0 Å². The molecule has 8 nitrogen and oxygen atoms in total. The van der Waals surface area contributed by atoms with Crippen molar-refractivity contribution in [3.8, 4) is 17.2 Å². The van der Waals surface area contributed by atoms with Crippen LogP contribution in [0.15, 0.2) is 48.5 Å². The Hall–Kier alpha value is -2.94. The van der Waals surface area contributed by atoms with Crippen molar-refractivity contribution in [1.82, 2.24) is 5.32 Å². The highest BCUT2D eigenvalue weighted by molar-refractivity contribution is 7.92. The number of rotatable bonds is 8. The zero-order chi connectivity index (χ0) is 21.7. The summed E-state index contributed by atoms with van der Waals surface area (Å²) in [6.07, 6.45) is 1.00. The van der Waals surface area contributed by atoms with Gasteiger partial charge in [-0.3, -0.25) is 9.10 Å². The summed E-state index contributed by atoms with van der Waals surface area (Å²) in [7, 11) is -2.22. The van der Waals surface area contributed by atoms with Crippen molar-refractivity contribution < 1.29 is 27.4 Å². The van der Waals surface area contributed by atoms with E-state index in [1.165, 1.54) is 7.11 Å². The Kier molecular flexibility index (Phi) is 6.71. The quantitative estimate of drug-likeness (QED) is 0.685. The second-order valence-corrected chi connectivity index (χ2v) is 8.79. The van der Waals surface area contributed by atoms with Crippen molar-refractivity contribution in [2.24, 2.45) is 0 Å². The Morgan fingerprint density at radius 3 is 2.63 bits per heavy atom. The normalized spacial score (nSPS) is 16.4. The number of para-hydroxylation sites is 2. The van der Waals surface area contributed by atoms with E-state index in [0.717, 1.165) is 10.6 Å². The number of anilines is 1. The third-order valence-corrected chi connectivity index (χ3v) is 5.89. The van der Waals surface area contributed by atoms with Crippen molar-refractivity contribution in [3.05, 3.63) is 48.5 Å². The summed E-state index contributed by atoms with van der Waals surface area (Å²) in [5.74, 6) is 1.37. The lowest BCUT2D eigenvalue weighted by Crippen LogP contribution is -2.51. The van der Waals surface area contributed by atoms with Gasteiger partial charge in [-0.05, 0) is 30.7 Å². The molecule has 0 saturated carbocycles. The second-order valence-electron chi connectivity index (χ2n) is 6.93. The molecule has 1 amide bonds. The highest BCUT2D eigenvalue weighted by atomic mass is 32.2. The van der Waals surface area contributed by atoms with Gasteiger partial charge in [-0.1, -0.05) is 25.1 Å². The van der Waals surface area contributed by atoms with Gasteiger partial charge in [0.15, 0.2) is 11.5 Å². The van der Waals surface area contributed by atoms with Crippen LogP contribution in [0.5, 0.6) is 17.2 Å². The Balaban J connectivity index is 1.73. The van der Waals surface area contributed by atoms with E-state index in [4.69, 9.17) is 14.2 Å². The molecule has 2 aromatic carbocycles. The Morgan fingerprint density at radius 2 is 1.97 bits per heavy atom. The van der Waals surface area contributed by atoms with E-state index in [1.807, 2.05) is 18.2 Å². The number of benzene rings is 2. The van der Waals surface area contributed by atoms with Crippen molar-refractivity contribution in [1.29, 1.82) is 0 Å². The molecule has 0 bridgehead atoms. The van der Waals surface area contributed by atoms with Crippen molar-refractivity contribution in [3.63, 3.8) is 0 Å².